The van der Waals surface area contributed by atoms with Gasteiger partial charge in [0.1, 0.15) is 11.4 Å². The molecule has 0 spiro atoms. The Bertz CT molecular complexity index is 1260. The van der Waals surface area contributed by atoms with Gasteiger partial charge in [0.15, 0.2) is 5.60 Å². The van der Waals surface area contributed by atoms with Crippen molar-refractivity contribution in [1.82, 2.24) is 15.5 Å². The first-order chi connectivity index (χ1) is 20.2. The van der Waals surface area contributed by atoms with Crippen LogP contribution in [0.25, 0.3) is 0 Å². The molecule has 234 valence electrons. The topological polar surface area (TPSA) is 133 Å². The van der Waals surface area contributed by atoms with E-state index in [1.54, 1.807) is 71.0 Å². The fourth-order valence-electron chi connectivity index (χ4n) is 4.22. The Hall–Kier alpha value is -3.99. The number of benzene rings is 2. The molecular formula is C31H40ClN3O8. The number of carbonyl (C=O) groups excluding carboxylic acids is 4. The van der Waals surface area contributed by atoms with Crippen LogP contribution >= 0.6 is 11.6 Å². The molecule has 43 heavy (non-hydrogen) atoms. The van der Waals surface area contributed by atoms with Gasteiger partial charge in [0.2, 0.25) is 6.79 Å². The third-order valence-electron chi connectivity index (χ3n) is 6.37. The standard InChI is InChI=1S/C31H40ClN3O8/c1-30(2,3)43-28(38)34-24-7-6-18-35(19-24)29(39)41-20-40-27(37)31(4,5)42-25-14-8-21(9-15-25)16-17-33-26(36)22-10-12-23(32)13-11-22/h8-15,24H,6-7,16-20H2,1-5H3,(H,33,36)(H,34,38)/t24-/m1/s1. The fourth-order valence-corrected chi connectivity index (χ4v) is 4.34. The zero-order chi connectivity index (χ0) is 31.6. The number of alkyl carbamates (subject to hydrolysis) is 1. The van der Waals surface area contributed by atoms with E-state index in [-0.39, 0.29) is 18.5 Å². The molecule has 3 rings (SSSR count). The van der Waals surface area contributed by atoms with Gasteiger partial charge in [0.25, 0.3) is 5.91 Å². The number of nitrogens with one attached hydrogen (secondary N) is 2. The molecule has 0 radical (unpaired) electrons. The number of hydrogen-bond donors (Lipinski definition) is 2. The van der Waals surface area contributed by atoms with E-state index >= 15 is 0 Å². The Morgan fingerprint density at radius 1 is 0.953 bits per heavy atom. The summed E-state index contributed by atoms with van der Waals surface area (Å²) in [6, 6.07) is 13.5. The average molecular weight is 618 g/mol. The number of rotatable bonds is 10. The van der Waals surface area contributed by atoms with Crippen LogP contribution < -0.4 is 15.4 Å². The van der Waals surface area contributed by atoms with Crippen molar-refractivity contribution < 1.29 is 38.1 Å². The first-order valence-corrected chi connectivity index (χ1v) is 14.5. The van der Waals surface area contributed by atoms with E-state index < -0.39 is 36.2 Å². The van der Waals surface area contributed by atoms with Crippen molar-refractivity contribution in [2.24, 2.45) is 0 Å². The first kappa shape index (κ1) is 33.5. The molecule has 1 aliphatic rings. The summed E-state index contributed by atoms with van der Waals surface area (Å²) in [5.74, 6) is -0.444. The first-order valence-electron chi connectivity index (χ1n) is 14.1. The molecule has 1 aliphatic heterocycles. The van der Waals surface area contributed by atoms with Crippen molar-refractivity contribution in [2.45, 2.75) is 71.1 Å². The molecule has 2 aromatic carbocycles. The molecule has 2 N–H and O–H groups in total. The Labute approximate surface area is 257 Å². The van der Waals surface area contributed by atoms with E-state index in [1.165, 1.54) is 4.90 Å². The smallest absolute Gasteiger partial charge is 0.412 e. The lowest BCUT2D eigenvalue weighted by atomic mass is 10.1. The van der Waals surface area contributed by atoms with Gasteiger partial charge < -0.3 is 34.5 Å². The highest BCUT2D eigenvalue weighted by Crippen LogP contribution is 2.21. The van der Waals surface area contributed by atoms with Gasteiger partial charge in [-0.3, -0.25) is 4.79 Å². The van der Waals surface area contributed by atoms with Gasteiger partial charge >= 0.3 is 18.2 Å². The van der Waals surface area contributed by atoms with Crippen molar-refractivity contribution in [1.29, 1.82) is 0 Å². The maximum Gasteiger partial charge on any atom is 0.412 e. The average Bonchev–Trinajstić information content (AvgIpc) is 2.93. The van der Waals surface area contributed by atoms with Gasteiger partial charge in [-0.15, -0.1) is 0 Å². The van der Waals surface area contributed by atoms with E-state index in [4.69, 9.17) is 30.5 Å². The van der Waals surface area contributed by atoms with Crippen LogP contribution in [-0.4, -0.2) is 72.6 Å². The minimum atomic E-state index is -1.35. The summed E-state index contributed by atoms with van der Waals surface area (Å²) >= 11 is 5.86. The molecule has 0 bridgehead atoms. The van der Waals surface area contributed by atoms with Crippen molar-refractivity contribution in [3.8, 4) is 5.75 Å². The SMILES string of the molecule is CC(C)(C)OC(=O)N[C@@H]1CCCN(C(=O)OCOC(=O)C(C)(C)Oc2ccc(CCNC(=O)c3ccc(Cl)cc3)cc2)C1. The van der Waals surface area contributed by atoms with Crippen LogP contribution in [0.2, 0.25) is 5.02 Å². The van der Waals surface area contributed by atoms with Crippen molar-refractivity contribution in [2.75, 3.05) is 26.4 Å². The van der Waals surface area contributed by atoms with Crippen molar-refractivity contribution >= 4 is 35.7 Å². The number of piperidine rings is 1. The van der Waals surface area contributed by atoms with Gasteiger partial charge in [-0.05, 0) is 95.8 Å². The van der Waals surface area contributed by atoms with Gasteiger partial charge in [-0.1, -0.05) is 23.7 Å². The van der Waals surface area contributed by atoms with Crippen LogP contribution in [0, 0.1) is 0 Å². The molecule has 12 heteroatoms. The number of likely N-dealkylation sites (tertiary alicyclic amines) is 1. The molecule has 1 atom stereocenters. The van der Waals surface area contributed by atoms with Gasteiger partial charge in [0.05, 0.1) is 0 Å². The summed E-state index contributed by atoms with van der Waals surface area (Å²) in [5, 5.41) is 6.20. The second kappa shape index (κ2) is 15.0. The normalized spacial score (nSPS) is 15.2. The predicted molar refractivity (Wildman–Crippen MR) is 160 cm³/mol. The third-order valence-corrected chi connectivity index (χ3v) is 6.62. The summed E-state index contributed by atoms with van der Waals surface area (Å²) in [6.45, 7) is 9.00. The van der Waals surface area contributed by atoms with E-state index in [0.717, 1.165) is 5.56 Å². The molecule has 0 aromatic heterocycles. The van der Waals surface area contributed by atoms with Gasteiger partial charge in [-0.2, -0.15) is 0 Å². The highest BCUT2D eigenvalue weighted by molar-refractivity contribution is 6.30. The van der Waals surface area contributed by atoms with Gasteiger partial charge in [0, 0.05) is 36.3 Å². The maximum atomic E-state index is 12.7. The van der Waals surface area contributed by atoms with Crippen LogP contribution in [-0.2, 0) is 25.4 Å². The number of carbonyl (C=O) groups is 4. The summed E-state index contributed by atoms with van der Waals surface area (Å²) in [6.07, 6.45) is 0.781. The van der Waals surface area contributed by atoms with Crippen LogP contribution in [0.3, 0.4) is 0 Å². The number of ether oxygens (including phenoxy) is 4. The Balaban J connectivity index is 1.38. The number of hydrogen-bond acceptors (Lipinski definition) is 8. The summed E-state index contributed by atoms with van der Waals surface area (Å²) < 4.78 is 21.4. The lowest BCUT2D eigenvalue weighted by Gasteiger charge is -2.33. The Morgan fingerprint density at radius 2 is 1.63 bits per heavy atom. The van der Waals surface area contributed by atoms with Crippen LogP contribution in [0.15, 0.2) is 48.5 Å². The lowest BCUT2D eigenvalue weighted by Crippen LogP contribution is -2.50. The van der Waals surface area contributed by atoms with E-state index in [0.29, 0.717) is 48.7 Å². The molecule has 1 saturated heterocycles. The van der Waals surface area contributed by atoms with E-state index in [2.05, 4.69) is 10.6 Å². The summed E-state index contributed by atoms with van der Waals surface area (Å²) in [5.41, 5.74) is -0.474. The molecule has 1 fully saturated rings. The van der Waals surface area contributed by atoms with Crippen molar-refractivity contribution in [3.05, 3.63) is 64.7 Å². The molecule has 3 amide bonds. The second-order valence-corrected chi connectivity index (χ2v) is 12.1. The van der Waals surface area contributed by atoms with Crippen LogP contribution in [0.1, 0.15) is 63.4 Å². The number of esters is 1. The summed E-state index contributed by atoms with van der Waals surface area (Å²) in [7, 11) is 0. The number of amides is 3. The molecule has 0 unspecified atom stereocenters. The molecule has 0 aliphatic carbocycles. The maximum absolute atomic E-state index is 12.7. The lowest BCUT2D eigenvalue weighted by molar-refractivity contribution is -0.168. The predicted octanol–water partition coefficient (Wildman–Crippen LogP) is 5.10. The van der Waals surface area contributed by atoms with Crippen molar-refractivity contribution in [3.63, 3.8) is 0 Å². The zero-order valence-electron chi connectivity index (χ0n) is 25.2. The summed E-state index contributed by atoms with van der Waals surface area (Å²) in [4.78, 5) is 50.9. The largest absolute Gasteiger partial charge is 0.476 e. The van der Waals surface area contributed by atoms with E-state index in [1.807, 2.05) is 12.1 Å². The Kier molecular flexibility index (Phi) is 11.7. The molecule has 0 saturated carbocycles. The minimum absolute atomic E-state index is 0.183. The third kappa shape index (κ3) is 11.3. The Morgan fingerprint density at radius 3 is 2.28 bits per heavy atom. The fraction of sp³-hybridized carbons (Fsp3) is 0.484. The molecule has 1 heterocycles. The zero-order valence-corrected chi connectivity index (χ0v) is 26.0. The number of nitrogens with zero attached hydrogens (tertiary/aromatic N) is 1. The second-order valence-electron chi connectivity index (χ2n) is 11.7. The van der Waals surface area contributed by atoms with Gasteiger partial charge in [-0.25, -0.2) is 14.4 Å². The molecular weight excluding hydrogens is 578 g/mol. The highest BCUT2D eigenvalue weighted by atomic mass is 35.5. The number of halogens is 1. The quantitative estimate of drug-likeness (QED) is 0.278. The monoisotopic (exact) mass is 617 g/mol. The molecule has 2 aromatic rings. The highest BCUT2D eigenvalue weighted by Gasteiger charge is 2.33. The van der Waals surface area contributed by atoms with Crippen LogP contribution in [0.5, 0.6) is 5.75 Å². The minimum Gasteiger partial charge on any atom is -0.476 e. The molecule has 11 nitrogen and oxygen atoms in total. The van der Waals surface area contributed by atoms with E-state index in [9.17, 15) is 19.2 Å². The van der Waals surface area contributed by atoms with Crippen LogP contribution in [0.4, 0.5) is 9.59 Å².